The average Bonchev–Trinajstić information content (AvgIpc) is 2.88. The quantitative estimate of drug-likeness (QED) is 0.818. The maximum absolute atomic E-state index is 11.5. The molecule has 84 valence electrons. The zero-order valence-corrected chi connectivity index (χ0v) is 9.53. The van der Waals surface area contributed by atoms with Crippen molar-refractivity contribution in [1.82, 2.24) is 9.55 Å². The van der Waals surface area contributed by atoms with Crippen LogP contribution in [0.2, 0.25) is 0 Å². The number of nitrogen functional groups attached to an aromatic ring is 1. The fraction of sp³-hybridized carbons (Fsp3) is 0.200. The molecule has 16 heavy (non-hydrogen) atoms. The van der Waals surface area contributed by atoms with Gasteiger partial charge in [0.15, 0.2) is 0 Å². The van der Waals surface area contributed by atoms with Crippen molar-refractivity contribution in [2.45, 2.75) is 6.54 Å². The van der Waals surface area contributed by atoms with Gasteiger partial charge in [0, 0.05) is 17.8 Å². The minimum Gasteiger partial charge on any atom is -0.464 e. The minimum atomic E-state index is -0.395. The second kappa shape index (κ2) is 4.36. The maximum Gasteiger partial charge on any atom is 0.354 e. The normalized spacial score (nSPS) is 10.3. The number of carbonyl (C=O) groups excluding carboxylic acids is 1. The first-order valence-corrected chi connectivity index (χ1v) is 5.51. The molecule has 0 saturated heterocycles. The van der Waals surface area contributed by atoms with Crippen molar-refractivity contribution in [1.29, 1.82) is 0 Å². The molecule has 0 unspecified atom stereocenters. The summed E-state index contributed by atoms with van der Waals surface area (Å²) in [5.74, 6) is -0.395. The lowest BCUT2D eigenvalue weighted by molar-refractivity contribution is 0.0589. The molecule has 0 bridgehead atoms. The lowest BCUT2D eigenvalue weighted by Gasteiger charge is -2.04. The van der Waals surface area contributed by atoms with Crippen molar-refractivity contribution in [2.24, 2.45) is 0 Å². The zero-order chi connectivity index (χ0) is 11.5. The highest BCUT2D eigenvalue weighted by atomic mass is 32.1. The van der Waals surface area contributed by atoms with E-state index in [1.54, 1.807) is 23.0 Å². The summed E-state index contributed by atoms with van der Waals surface area (Å²) in [6.45, 7) is 0.527. The van der Waals surface area contributed by atoms with Gasteiger partial charge >= 0.3 is 5.97 Å². The molecule has 5 nitrogen and oxygen atoms in total. The number of carbonyl (C=O) groups is 1. The first kappa shape index (κ1) is 10.7. The summed E-state index contributed by atoms with van der Waals surface area (Å²) in [4.78, 5) is 15.6. The molecule has 0 fully saturated rings. The molecule has 0 aliphatic carbocycles. The van der Waals surface area contributed by atoms with Crippen LogP contribution in [0.1, 0.15) is 15.5 Å². The smallest absolute Gasteiger partial charge is 0.354 e. The number of ether oxygens (including phenoxy) is 1. The second-order valence-corrected chi connectivity index (χ2v) is 4.18. The number of aromatic nitrogens is 2. The lowest BCUT2D eigenvalue weighted by Crippen LogP contribution is -2.10. The van der Waals surface area contributed by atoms with Gasteiger partial charge in [0.1, 0.15) is 10.7 Å². The van der Waals surface area contributed by atoms with Crippen molar-refractivity contribution in [3.8, 4) is 0 Å². The molecule has 6 heteroatoms. The first-order chi connectivity index (χ1) is 7.70. The highest BCUT2D eigenvalue weighted by Gasteiger charge is 2.13. The van der Waals surface area contributed by atoms with Crippen molar-refractivity contribution in [2.75, 3.05) is 12.8 Å². The van der Waals surface area contributed by atoms with E-state index in [9.17, 15) is 4.79 Å². The van der Waals surface area contributed by atoms with E-state index >= 15 is 0 Å². The number of nitrogens with two attached hydrogens (primary N) is 1. The number of anilines is 1. The Bertz CT molecular complexity index is 490. The van der Waals surface area contributed by atoms with E-state index in [-0.39, 0.29) is 0 Å². The predicted molar refractivity (Wildman–Crippen MR) is 61.4 cm³/mol. The van der Waals surface area contributed by atoms with Gasteiger partial charge in [0.2, 0.25) is 0 Å². The Morgan fingerprint density at radius 3 is 3.12 bits per heavy atom. The van der Waals surface area contributed by atoms with Crippen LogP contribution in [0.4, 0.5) is 5.69 Å². The molecule has 0 amide bonds. The second-order valence-electron chi connectivity index (χ2n) is 3.20. The third-order valence-corrected chi connectivity index (χ3v) is 2.87. The standard InChI is InChI=1S/C10H11N3O2S/c1-15-10(14)8-4-7(11)5-13(8)6-9-12-2-3-16-9/h2-5H,6,11H2,1H3. The summed E-state index contributed by atoms with van der Waals surface area (Å²) in [7, 11) is 1.35. The van der Waals surface area contributed by atoms with E-state index in [2.05, 4.69) is 9.72 Å². The molecule has 2 N–H and O–H groups in total. The molecule has 0 aliphatic rings. The molecular weight excluding hydrogens is 226 g/mol. The van der Waals surface area contributed by atoms with Crippen LogP contribution in [0.25, 0.3) is 0 Å². The molecule has 0 radical (unpaired) electrons. The zero-order valence-electron chi connectivity index (χ0n) is 8.71. The molecule has 0 atom stereocenters. The largest absolute Gasteiger partial charge is 0.464 e. The van der Waals surface area contributed by atoms with Crippen molar-refractivity contribution < 1.29 is 9.53 Å². The Labute approximate surface area is 96.5 Å². The Morgan fingerprint density at radius 2 is 2.50 bits per heavy atom. The predicted octanol–water partition coefficient (Wildman–Crippen LogP) is 1.36. The molecule has 0 spiro atoms. The van der Waals surface area contributed by atoms with Gasteiger partial charge in [-0.05, 0) is 6.07 Å². The topological polar surface area (TPSA) is 70.1 Å². The van der Waals surface area contributed by atoms with E-state index in [4.69, 9.17) is 5.73 Å². The Balaban J connectivity index is 2.29. The number of hydrogen-bond acceptors (Lipinski definition) is 5. The number of methoxy groups -OCH3 is 1. The molecular formula is C10H11N3O2S. The van der Waals surface area contributed by atoms with E-state index < -0.39 is 5.97 Å². The van der Waals surface area contributed by atoms with Gasteiger partial charge in [-0.1, -0.05) is 0 Å². The summed E-state index contributed by atoms with van der Waals surface area (Å²) in [6, 6.07) is 1.60. The van der Waals surface area contributed by atoms with Crippen LogP contribution in [0.3, 0.4) is 0 Å². The van der Waals surface area contributed by atoms with Crippen LogP contribution >= 0.6 is 11.3 Å². The monoisotopic (exact) mass is 237 g/mol. The van der Waals surface area contributed by atoms with Crippen molar-refractivity contribution >= 4 is 23.0 Å². The molecule has 2 heterocycles. The fourth-order valence-corrected chi connectivity index (χ4v) is 2.03. The van der Waals surface area contributed by atoms with Gasteiger partial charge in [-0.2, -0.15) is 0 Å². The Hall–Kier alpha value is -1.82. The van der Waals surface area contributed by atoms with Gasteiger partial charge < -0.3 is 15.0 Å². The molecule has 2 aromatic rings. The molecule has 0 aliphatic heterocycles. The third kappa shape index (κ3) is 2.06. The first-order valence-electron chi connectivity index (χ1n) is 4.63. The lowest BCUT2D eigenvalue weighted by atomic mass is 10.4. The van der Waals surface area contributed by atoms with E-state index in [0.29, 0.717) is 17.9 Å². The SMILES string of the molecule is COC(=O)c1cc(N)cn1Cc1nccs1. The van der Waals surface area contributed by atoms with Gasteiger partial charge in [-0.15, -0.1) is 11.3 Å². The molecule has 2 aromatic heterocycles. The van der Waals surface area contributed by atoms with Crippen LogP contribution < -0.4 is 5.73 Å². The number of hydrogen-bond donors (Lipinski definition) is 1. The summed E-state index contributed by atoms with van der Waals surface area (Å²) in [5.41, 5.74) is 6.63. The third-order valence-electron chi connectivity index (χ3n) is 2.10. The van der Waals surface area contributed by atoms with Gasteiger partial charge in [0.05, 0.1) is 19.3 Å². The maximum atomic E-state index is 11.5. The van der Waals surface area contributed by atoms with Gasteiger partial charge in [-0.3, -0.25) is 0 Å². The van der Waals surface area contributed by atoms with Crippen molar-refractivity contribution in [3.05, 3.63) is 34.5 Å². The van der Waals surface area contributed by atoms with Crippen LogP contribution in [-0.2, 0) is 11.3 Å². The average molecular weight is 237 g/mol. The van der Waals surface area contributed by atoms with E-state index in [0.717, 1.165) is 5.01 Å². The molecule has 0 saturated carbocycles. The highest BCUT2D eigenvalue weighted by Crippen LogP contribution is 2.15. The fourth-order valence-electron chi connectivity index (χ4n) is 1.42. The van der Waals surface area contributed by atoms with Gasteiger partial charge in [0.25, 0.3) is 0 Å². The van der Waals surface area contributed by atoms with Gasteiger partial charge in [-0.25, -0.2) is 9.78 Å². The van der Waals surface area contributed by atoms with Crippen LogP contribution in [0.15, 0.2) is 23.8 Å². The number of thiazole rings is 1. The molecule has 2 rings (SSSR count). The summed E-state index contributed by atoms with van der Waals surface area (Å²) in [5, 5.41) is 2.81. The van der Waals surface area contributed by atoms with E-state index in [1.807, 2.05) is 5.38 Å². The van der Waals surface area contributed by atoms with Crippen LogP contribution in [0, 0.1) is 0 Å². The summed E-state index contributed by atoms with van der Waals surface area (Å²) in [6.07, 6.45) is 3.43. The van der Waals surface area contributed by atoms with Crippen molar-refractivity contribution in [3.63, 3.8) is 0 Å². The highest BCUT2D eigenvalue weighted by molar-refractivity contribution is 7.09. The number of esters is 1. The number of nitrogens with zero attached hydrogens (tertiary/aromatic N) is 2. The van der Waals surface area contributed by atoms with Crippen LogP contribution in [-0.4, -0.2) is 22.6 Å². The number of rotatable bonds is 3. The summed E-state index contributed by atoms with van der Waals surface area (Å²) < 4.78 is 6.41. The Morgan fingerprint density at radius 1 is 1.69 bits per heavy atom. The van der Waals surface area contributed by atoms with Crippen LogP contribution in [0.5, 0.6) is 0 Å². The van der Waals surface area contributed by atoms with E-state index in [1.165, 1.54) is 18.4 Å². The molecule has 0 aromatic carbocycles. The summed E-state index contributed by atoms with van der Waals surface area (Å²) >= 11 is 1.53. The minimum absolute atomic E-state index is 0.395. The Kier molecular flexibility index (Phi) is 2.91.